The molecule has 0 bridgehead atoms. The van der Waals surface area contributed by atoms with Crippen molar-refractivity contribution in [3.8, 4) is 0 Å². The smallest absolute Gasteiger partial charge is 0.322 e. The molecule has 1 rings (SSSR count). The van der Waals surface area contributed by atoms with Crippen molar-refractivity contribution in [3.63, 3.8) is 0 Å². The fourth-order valence-corrected chi connectivity index (χ4v) is 3.54. The van der Waals surface area contributed by atoms with Crippen molar-refractivity contribution < 1.29 is 39.0 Å². The average Bonchev–Trinajstić information content (AvgIpc) is 3.56. The van der Waals surface area contributed by atoms with Gasteiger partial charge in [0, 0.05) is 23.5 Å². The number of carboxylic acid groups (broad SMARTS) is 2. The number of nitrogens with two attached hydrogens (primary N) is 1. The lowest BCUT2D eigenvalue weighted by molar-refractivity contribution is -0.139. The van der Waals surface area contributed by atoms with Gasteiger partial charge in [-0.25, -0.2) is 0 Å². The maximum Gasteiger partial charge on any atom is 0.322 e. The molecule has 0 aromatic heterocycles. The van der Waals surface area contributed by atoms with Crippen molar-refractivity contribution in [2.24, 2.45) is 21.1 Å². The second-order valence-corrected chi connectivity index (χ2v) is 8.93. The van der Waals surface area contributed by atoms with Gasteiger partial charge in [0.2, 0.25) is 23.6 Å². The van der Waals surface area contributed by atoms with Crippen molar-refractivity contribution in [2.45, 2.75) is 50.0 Å². The molecular formula is C18H28N10O8S. The highest BCUT2D eigenvalue weighted by atomic mass is 32.2. The Balaban J connectivity index is 2.68. The molecule has 37 heavy (non-hydrogen) atoms. The zero-order valence-electron chi connectivity index (χ0n) is 19.7. The number of carbonyl (C=O) groups excluding carboxylic acids is 4. The zero-order chi connectivity index (χ0) is 28.0. The lowest BCUT2D eigenvalue weighted by atomic mass is 10.1. The van der Waals surface area contributed by atoms with E-state index in [4.69, 9.17) is 21.5 Å². The summed E-state index contributed by atoms with van der Waals surface area (Å²) in [5, 5.41) is 37.7. The van der Waals surface area contributed by atoms with Crippen LogP contribution >= 0.6 is 11.8 Å². The lowest BCUT2D eigenvalue weighted by Crippen LogP contribution is -2.50. The van der Waals surface area contributed by atoms with Gasteiger partial charge in [0.15, 0.2) is 5.66 Å². The van der Waals surface area contributed by atoms with Crippen LogP contribution in [0.15, 0.2) is 15.3 Å². The summed E-state index contributed by atoms with van der Waals surface area (Å²) in [5.74, 6) is -5.74. The van der Waals surface area contributed by atoms with Crippen LogP contribution in [0.2, 0.25) is 0 Å². The molecular weight excluding hydrogens is 516 g/mol. The fourth-order valence-electron chi connectivity index (χ4n) is 2.68. The first-order chi connectivity index (χ1) is 17.4. The normalized spacial score (nSPS) is 15.2. The minimum Gasteiger partial charge on any atom is -0.480 e. The van der Waals surface area contributed by atoms with Gasteiger partial charge in [-0.15, -0.1) is 11.8 Å². The van der Waals surface area contributed by atoms with Crippen molar-refractivity contribution in [3.05, 3.63) is 10.4 Å². The van der Waals surface area contributed by atoms with Crippen LogP contribution in [0.25, 0.3) is 10.4 Å². The van der Waals surface area contributed by atoms with Gasteiger partial charge in [-0.2, -0.15) is 10.2 Å². The third-order valence-corrected chi connectivity index (χ3v) is 5.69. The van der Waals surface area contributed by atoms with Crippen LogP contribution in [0.4, 0.5) is 0 Å². The molecule has 19 heteroatoms. The second kappa shape index (κ2) is 15.2. The summed E-state index contributed by atoms with van der Waals surface area (Å²) >= 11 is 0.913. The first-order valence-corrected chi connectivity index (χ1v) is 11.9. The van der Waals surface area contributed by atoms with Crippen molar-refractivity contribution in [1.29, 1.82) is 0 Å². The van der Waals surface area contributed by atoms with E-state index in [1.165, 1.54) is 0 Å². The maximum absolute atomic E-state index is 12.4. The first-order valence-electron chi connectivity index (χ1n) is 10.7. The van der Waals surface area contributed by atoms with E-state index in [0.717, 1.165) is 11.8 Å². The summed E-state index contributed by atoms with van der Waals surface area (Å²) in [4.78, 5) is 73.3. The van der Waals surface area contributed by atoms with Gasteiger partial charge in [-0.05, 0) is 18.9 Å². The van der Waals surface area contributed by atoms with Crippen molar-refractivity contribution >= 4 is 47.3 Å². The number of amides is 4. The second-order valence-electron chi connectivity index (χ2n) is 7.90. The Morgan fingerprint density at radius 3 is 2.24 bits per heavy atom. The number of carboxylic acids is 2. The fraction of sp³-hybridized carbons (Fsp3) is 0.667. The Morgan fingerprint density at radius 1 is 1.05 bits per heavy atom. The number of rotatable bonds is 18. The van der Waals surface area contributed by atoms with E-state index >= 15 is 0 Å². The molecule has 0 aromatic rings. The third kappa shape index (κ3) is 13.1. The van der Waals surface area contributed by atoms with Crippen molar-refractivity contribution in [2.75, 3.05) is 24.7 Å². The van der Waals surface area contributed by atoms with Crippen LogP contribution in [0.1, 0.15) is 26.2 Å². The van der Waals surface area contributed by atoms with E-state index in [2.05, 4.69) is 41.5 Å². The summed E-state index contributed by atoms with van der Waals surface area (Å²) in [7, 11) is 0. The molecule has 8 N–H and O–H groups in total. The molecule has 0 aliphatic carbocycles. The number of hydrogen-bond acceptors (Lipinski definition) is 11. The topological polar surface area (TPSA) is 290 Å². The van der Waals surface area contributed by atoms with E-state index < -0.39 is 65.9 Å². The molecule has 0 aromatic carbocycles. The van der Waals surface area contributed by atoms with Crippen LogP contribution in [0.3, 0.4) is 0 Å². The van der Waals surface area contributed by atoms with E-state index in [1.54, 1.807) is 6.92 Å². The van der Waals surface area contributed by atoms with Crippen molar-refractivity contribution in [1.82, 2.24) is 21.3 Å². The Labute approximate surface area is 214 Å². The Morgan fingerprint density at radius 2 is 1.68 bits per heavy atom. The summed E-state index contributed by atoms with van der Waals surface area (Å²) in [5.41, 5.74) is 12.8. The van der Waals surface area contributed by atoms with Crippen LogP contribution in [-0.4, -0.2) is 94.3 Å². The largest absolute Gasteiger partial charge is 0.480 e. The minimum atomic E-state index is -1.31. The molecule has 204 valence electrons. The molecule has 0 spiro atoms. The summed E-state index contributed by atoms with van der Waals surface area (Å²) in [6, 6.07) is -3.56. The predicted octanol–water partition coefficient (Wildman–Crippen LogP) is -1.96. The standard InChI is InChI=1S/C18H28N10O8S/c1-18(26-27-18)4-10(15(33)22-8-23-28-20)24-13(30)7-37-6-11(16(34)21-5-14(31)32)25-12(29)3-2-9(19)17(35)36/h9-11H,2-8,19H2,1H3,(H,21,34)(H,22,33)(H,24,30)(H,25,29)(H,31,32)(H,35,36). The summed E-state index contributed by atoms with van der Waals surface area (Å²) in [6.45, 7) is 0.612. The highest BCUT2D eigenvalue weighted by Crippen LogP contribution is 2.32. The number of carbonyl (C=O) groups is 6. The number of nitrogens with one attached hydrogen (secondary N) is 4. The monoisotopic (exact) mass is 544 g/mol. The predicted molar refractivity (Wildman–Crippen MR) is 127 cm³/mol. The molecule has 0 fully saturated rings. The van der Waals surface area contributed by atoms with Gasteiger partial charge in [0.1, 0.15) is 24.7 Å². The summed E-state index contributed by atoms with van der Waals surface area (Å²) < 4.78 is 0. The lowest BCUT2D eigenvalue weighted by Gasteiger charge is -2.20. The number of nitrogens with zero attached hydrogens (tertiary/aromatic N) is 5. The quantitative estimate of drug-likeness (QED) is 0.0567. The molecule has 0 radical (unpaired) electrons. The van der Waals surface area contributed by atoms with Gasteiger partial charge in [0.05, 0.1) is 12.4 Å². The Kier molecular flexibility index (Phi) is 12.8. The van der Waals surface area contributed by atoms with E-state index in [-0.39, 0.29) is 37.4 Å². The molecule has 18 nitrogen and oxygen atoms in total. The Hall–Kier alpha value is -3.96. The SMILES string of the molecule is CC1(CC(NC(=O)CSCC(NC(=O)CCC(N)C(=O)O)C(=O)NCC(=O)O)C(=O)NCN=[N+]=[N-])N=N1. The average molecular weight is 545 g/mol. The maximum atomic E-state index is 12.4. The van der Waals surface area contributed by atoms with E-state index in [0.29, 0.717) is 0 Å². The van der Waals surface area contributed by atoms with Gasteiger partial charge in [0.25, 0.3) is 0 Å². The molecule has 3 unspecified atom stereocenters. The molecule has 1 heterocycles. The molecule has 1 aliphatic rings. The Bertz CT molecular complexity index is 964. The van der Waals surface area contributed by atoms with E-state index in [1.807, 2.05) is 0 Å². The van der Waals surface area contributed by atoms with Gasteiger partial charge in [-0.3, -0.25) is 28.8 Å². The first kappa shape index (κ1) is 31.1. The molecule has 4 amide bonds. The molecule has 3 atom stereocenters. The zero-order valence-corrected chi connectivity index (χ0v) is 20.6. The van der Waals surface area contributed by atoms with E-state index in [9.17, 15) is 28.8 Å². The third-order valence-electron chi connectivity index (χ3n) is 4.65. The summed E-state index contributed by atoms with van der Waals surface area (Å²) in [6.07, 6.45) is -0.441. The minimum absolute atomic E-state index is 0.0558. The number of aliphatic carboxylic acids is 2. The molecule has 0 saturated heterocycles. The van der Waals surface area contributed by atoms with Gasteiger partial charge in [-0.1, -0.05) is 5.11 Å². The van der Waals surface area contributed by atoms with Gasteiger partial charge >= 0.3 is 11.9 Å². The van der Waals surface area contributed by atoms with Crippen LogP contribution in [0.5, 0.6) is 0 Å². The van der Waals surface area contributed by atoms with Crippen LogP contribution in [0, 0.1) is 0 Å². The van der Waals surface area contributed by atoms with Crippen LogP contribution in [-0.2, 0) is 28.8 Å². The highest BCUT2D eigenvalue weighted by molar-refractivity contribution is 8.00. The van der Waals surface area contributed by atoms with Crippen LogP contribution < -0.4 is 27.0 Å². The number of hydrogen-bond donors (Lipinski definition) is 7. The molecule has 1 aliphatic heterocycles. The molecule has 0 saturated carbocycles. The number of thioether (sulfide) groups is 1. The highest BCUT2D eigenvalue weighted by Gasteiger charge is 2.39. The number of azide groups is 1. The van der Waals surface area contributed by atoms with Gasteiger partial charge < -0.3 is 37.2 Å².